The van der Waals surface area contributed by atoms with Crippen LogP contribution in [0.25, 0.3) is 0 Å². The van der Waals surface area contributed by atoms with Crippen LogP contribution in [0, 0.1) is 5.92 Å². The number of rotatable bonds is 10. The Morgan fingerprint density at radius 3 is 2.65 bits per heavy atom. The maximum absolute atomic E-state index is 9.79. The summed E-state index contributed by atoms with van der Waals surface area (Å²) in [5, 5.41) is 9.79. The predicted molar refractivity (Wildman–Crippen MR) is 74.1 cm³/mol. The zero-order chi connectivity index (χ0) is 13.1. The fraction of sp³-hybridized carbons (Fsp3) is 0.733. The minimum atomic E-state index is -0.391. The molecule has 0 aromatic rings. The molecule has 0 rings (SSSR count). The molecule has 0 spiro atoms. The molecule has 2 nitrogen and oxygen atoms in total. The molecule has 1 N–H and O–H groups in total. The van der Waals surface area contributed by atoms with E-state index in [-0.39, 0.29) is 0 Å². The number of aliphatic hydroxyl groups excluding tert-OH is 1. The molecule has 17 heavy (non-hydrogen) atoms. The molecule has 0 bridgehead atoms. The van der Waals surface area contributed by atoms with Gasteiger partial charge in [0.1, 0.15) is 0 Å². The van der Waals surface area contributed by atoms with Gasteiger partial charge in [-0.25, -0.2) is 0 Å². The van der Waals surface area contributed by atoms with Crippen LogP contribution in [0.1, 0.15) is 46.5 Å². The topological polar surface area (TPSA) is 29.5 Å². The quantitative estimate of drug-likeness (QED) is 0.466. The van der Waals surface area contributed by atoms with E-state index in [1.54, 1.807) is 6.08 Å². The van der Waals surface area contributed by atoms with Crippen LogP contribution in [-0.2, 0) is 4.74 Å². The molecule has 0 aromatic heterocycles. The molecule has 0 aliphatic heterocycles. The second-order valence-electron chi connectivity index (χ2n) is 4.55. The molecule has 0 fully saturated rings. The molecule has 0 amide bonds. The second kappa shape index (κ2) is 10.5. The van der Waals surface area contributed by atoms with Gasteiger partial charge in [0.25, 0.3) is 0 Å². The predicted octanol–water partition coefficient (Wildman–Crippen LogP) is 3.71. The van der Waals surface area contributed by atoms with Crippen LogP contribution < -0.4 is 0 Å². The molecule has 0 radical (unpaired) electrons. The summed E-state index contributed by atoms with van der Waals surface area (Å²) in [6, 6.07) is 0. The molecule has 0 aromatic carbocycles. The smallest absolute Gasteiger partial charge is 0.0781 e. The van der Waals surface area contributed by atoms with Gasteiger partial charge in [-0.1, -0.05) is 32.4 Å². The summed E-state index contributed by atoms with van der Waals surface area (Å²) in [6.45, 7) is 11.5. The van der Waals surface area contributed by atoms with Crippen molar-refractivity contribution in [1.29, 1.82) is 0 Å². The Labute approximate surface area is 106 Å². The number of aliphatic hydroxyl groups is 1. The van der Waals surface area contributed by atoms with Gasteiger partial charge in [0.2, 0.25) is 0 Å². The first-order valence-electron chi connectivity index (χ1n) is 6.70. The van der Waals surface area contributed by atoms with Crippen LogP contribution in [0.15, 0.2) is 24.3 Å². The van der Waals surface area contributed by atoms with Crippen LogP contribution in [0.2, 0.25) is 0 Å². The van der Waals surface area contributed by atoms with Crippen molar-refractivity contribution < 1.29 is 9.84 Å². The molecule has 0 heterocycles. The van der Waals surface area contributed by atoms with Crippen molar-refractivity contribution in [2.75, 3.05) is 13.2 Å². The van der Waals surface area contributed by atoms with Gasteiger partial charge in [-0.15, -0.1) is 6.58 Å². The lowest BCUT2D eigenvalue weighted by atomic mass is 10.00. The number of hydrogen-bond donors (Lipinski definition) is 1. The average molecular weight is 240 g/mol. The third kappa shape index (κ3) is 8.17. The molecule has 0 saturated carbocycles. The number of ether oxygens (including phenoxy) is 1. The highest BCUT2D eigenvalue weighted by Crippen LogP contribution is 2.13. The van der Waals surface area contributed by atoms with Crippen LogP contribution in [0.3, 0.4) is 0 Å². The van der Waals surface area contributed by atoms with E-state index in [1.807, 2.05) is 6.92 Å². The number of unbranched alkanes of at least 4 members (excludes halogenated alkanes) is 1. The maximum atomic E-state index is 9.79. The summed E-state index contributed by atoms with van der Waals surface area (Å²) in [7, 11) is 0. The first-order valence-corrected chi connectivity index (χ1v) is 6.70. The summed E-state index contributed by atoms with van der Waals surface area (Å²) in [4.78, 5) is 0. The molecule has 0 aliphatic rings. The van der Waals surface area contributed by atoms with E-state index in [2.05, 4.69) is 26.5 Å². The van der Waals surface area contributed by atoms with Gasteiger partial charge in [0.15, 0.2) is 0 Å². The van der Waals surface area contributed by atoms with Crippen molar-refractivity contribution in [3.63, 3.8) is 0 Å². The Morgan fingerprint density at radius 2 is 2.12 bits per heavy atom. The van der Waals surface area contributed by atoms with E-state index in [4.69, 9.17) is 4.74 Å². The molecule has 2 heteroatoms. The Hall–Kier alpha value is -0.600. The SMILES string of the molecule is C=CC[C@H](O)/C(C)=C\[C@@H](CC)COCCCC. The fourth-order valence-electron chi connectivity index (χ4n) is 1.59. The lowest BCUT2D eigenvalue weighted by molar-refractivity contribution is 0.108. The summed E-state index contributed by atoms with van der Waals surface area (Å²) >= 11 is 0. The van der Waals surface area contributed by atoms with Gasteiger partial charge in [-0.2, -0.15) is 0 Å². The summed E-state index contributed by atoms with van der Waals surface area (Å²) < 4.78 is 5.62. The molecule has 0 saturated heterocycles. The maximum Gasteiger partial charge on any atom is 0.0781 e. The molecule has 100 valence electrons. The summed E-state index contributed by atoms with van der Waals surface area (Å²) in [5.74, 6) is 0.409. The lowest BCUT2D eigenvalue weighted by Crippen LogP contribution is -2.12. The Balaban J connectivity index is 4.07. The van der Waals surface area contributed by atoms with Crippen LogP contribution in [-0.4, -0.2) is 24.4 Å². The zero-order valence-corrected chi connectivity index (χ0v) is 11.6. The standard InChI is InChI=1S/C15H28O2/c1-5-8-10-17-12-14(7-3)11-13(4)15(16)9-6-2/h6,11,14-16H,2,5,7-10,12H2,1,3-4H3/b13-11-/t14-,15+/m1/s1. The first-order chi connectivity index (χ1) is 8.15. The van der Waals surface area contributed by atoms with Gasteiger partial charge in [0, 0.05) is 12.5 Å². The van der Waals surface area contributed by atoms with Crippen LogP contribution >= 0.6 is 0 Å². The Morgan fingerprint density at radius 1 is 1.41 bits per heavy atom. The van der Waals surface area contributed by atoms with Gasteiger partial charge in [-0.05, 0) is 31.8 Å². The van der Waals surface area contributed by atoms with Crippen LogP contribution in [0.5, 0.6) is 0 Å². The van der Waals surface area contributed by atoms with Crippen molar-refractivity contribution in [2.24, 2.45) is 5.92 Å². The van der Waals surface area contributed by atoms with Crippen molar-refractivity contribution in [2.45, 2.75) is 52.6 Å². The average Bonchev–Trinajstić information content (AvgIpc) is 2.33. The molecular weight excluding hydrogens is 212 g/mol. The molecule has 2 atom stereocenters. The monoisotopic (exact) mass is 240 g/mol. The highest BCUT2D eigenvalue weighted by molar-refractivity contribution is 5.08. The molecule has 0 aliphatic carbocycles. The van der Waals surface area contributed by atoms with E-state index >= 15 is 0 Å². The van der Waals surface area contributed by atoms with Crippen molar-refractivity contribution >= 4 is 0 Å². The first kappa shape index (κ1) is 16.4. The Bertz CT molecular complexity index is 221. The highest BCUT2D eigenvalue weighted by atomic mass is 16.5. The number of hydrogen-bond acceptors (Lipinski definition) is 2. The zero-order valence-electron chi connectivity index (χ0n) is 11.6. The van der Waals surface area contributed by atoms with E-state index in [0.717, 1.165) is 31.6 Å². The van der Waals surface area contributed by atoms with Crippen molar-refractivity contribution in [3.8, 4) is 0 Å². The van der Waals surface area contributed by atoms with E-state index < -0.39 is 6.10 Å². The minimum Gasteiger partial charge on any atom is -0.388 e. The van der Waals surface area contributed by atoms with E-state index in [1.165, 1.54) is 6.42 Å². The third-order valence-electron chi connectivity index (χ3n) is 2.91. The summed E-state index contributed by atoms with van der Waals surface area (Å²) in [5.41, 5.74) is 1.02. The lowest BCUT2D eigenvalue weighted by Gasteiger charge is -2.15. The second-order valence-corrected chi connectivity index (χ2v) is 4.55. The van der Waals surface area contributed by atoms with Gasteiger partial charge in [-0.3, -0.25) is 0 Å². The fourth-order valence-corrected chi connectivity index (χ4v) is 1.59. The van der Waals surface area contributed by atoms with Gasteiger partial charge in [0.05, 0.1) is 12.7 Å². The van der Waals surface area contributed by atoms with E-state index in [9.17, 15) is 5.11 Å². The third-order valence-corrected chi connectivity index (χ3v) is 2.91. The van der Waals surface area contributed by atoms with Crippen molar-refractivity contribution in [3.05, 3.63) is 24.3 Å². The van der Waals surface area contributed by atoms with Crippen molar-refractivity contribution in [1.82, 2.24) is 0 Å². The largest absolute Gasteiger partial charge is 0.388 e. The van der Waals surface area contributed by atoms with Gasteiger partial charge < -0.3 is 9.84 Å². The normalized spacial score (nSPS) is 15.6. The molecule has 0 unspecified atom stereocenters. The highest BCUT2D eigenvalue weighted by Gasteiger charge is 2.08. The molecular formula is C15H28O2. The van der Waals surface area contributed by atoms with E-state index in [0.29, 0.717) is 12.3 Å². The van der Waals surface area contributed by atoms with Gasteiger partial charge >= 0.3 is 0 Å². The Kier molecular flexibility index (Phi) is 10.2. The van der Waals surface area contributed by atoms with Crippen LogP contribution in [0.4, 0.5) is 0 Å². The summed E-state index contributed by atoms with van der Waals surface area (Å²) in [6.07, 6.45) is 7.46. The minimum absolute atomic E-state index is 0.391.